The van der Waals surface area contributed by atoms with E-state index in [2.05, 4.69) is 364 Å². The molecule has 2 nitrogen and oxygen atoms in total. The van der Waals surface area contributed by atoms with Crippen LogP contribution in [0.1, 0.15) is 0 Å². The SMILES string of the molecule is [OH-].[OH-].[Rh].[Rh].c1ccc(P(c2ccccc2)c2ccccc2)cc1.c1ccc(P(c2ccccc2)c2ccccc2)cc1.c1ccc(P(c2ccccc2)c2ccccc2)cc1.c1ccc(P(c2ccccc2)c2ccccc2)cc1.c1ccccc1.c1ccccc1. The van der Waals surface area contributed by atoms with Crippen LogP contribution in [-0.2, 0) is 39.0 Å². The fourth-order valence-electron chi connectivity index (χ4n) is 9.48. The summed E-state index contributed by atoms with van der Waals surface area (Å²) in [6.07, 6.45) is 0. The van der Waals surface area contributed by atoms with Gasteiger partial charge in [0.2, 0.25) is 0 Å². The van der Waals surface area contributed by atoms with Crippen LogP contribution in [0.5, 0.6) is 0 Å². The van der Waals surface area contributed by atoms with Crippen molar-refractivity contribution in [2.75, 3.05) is 0 Å². The van der Waals surface area contributed by atoms with Crippen LogP contribution in [0.3, 0.4) is 0 Å². The molecule has 0 bridgehead atoms. The largest absolute Gasteiger partial charge is 0.870 e. The van der Waals surface area contributed by atoms with Crippen LogP contribution in [0.15, 0.2) is 437 Å². The third kappa shape index (κ3) is 24.5. The predicted molar refractivity (Wildman–Crippen MR) is 397 cm³/mol. The molecule has 8 heteroatoms. The van der Waals surface area contributed by atoms with Gasteiger partial charge in [-0.3, -0.25) is 0 Å². The van der Waals surface area contributed by atoms with Crippen LogP contribution >= 0.6 is 31.7 Å². The molecule has 0 atom stereocenters. The first-order chi connectivity index (χ1) is 43.8. The van der Waals surface area contributed by atoms with Gasteiger partial charge in [0, 0.05) is 39.0 Å². The van der Waals surface area contributed by atoms with Gasteiger partial charge in [-0.1, -0.05) is 437 Å². The maximum absolute atomic E-state index is 2.23. The standard InChI is InChI=1S/4C18H15P.2C6H6.2H2O.2Rh/c4*1-4-10-16(11-5-1)19(17-12-6-2-7-13-17)18-14-8-3-9-15-18;2*1-2-4-6-5-3-1;;;;/h4*1-15H;2*1-6H;2*1H2;;/p-2. The topological polar surface area (TPSA) is 60.0 Å². The number of benzene rings is 14. The molecular formula is C84H74O2P4Rh2-2. The van der Waals surface area contributed by atoms with Crippen LogP contribution < -0.4 is 63.7 Å². The second kappa shape index (κ2) is 44.5. The van der Waals surface area contributed by atoms with Crippen LogP contribution in [0.25, 0.3) is 0 Å². The van der Waals surface area contributed by atoms with E-state index in [0.717, 1.165) is 0 Å². The molecule has 14 aromatic rings. The minimum Gasteiger partial charge on any atom is -0.870 e. The molecule has 0 heterocycles. The third-order valence-electron chi connectivity index (χ3n) is 13.5. The second-order valence-electron chi connectivity index (χ2n) is 19.7. The molecule has 0 unspecified atom stereocenters. The van der Waals surface area contributed by atoms with Crippen LogP contribution in [0, 0.1) is 0 Å². The van der Waals surface area contributed by atoms with Crippen molar-refractivity contribution in [1.29, 1.82) is 0 Å². The average Bonchev–Trinajstić information content (AvgIpc) is 1.00. The molecule has 14 aromatic carbocycles. The van der Waals surface area contributed by atoms with Gasteiger partial charge < -0.3 is 11.0 Å². The fourth-order valence-corrected chi connectivity index (χ4v) is 18.7. The van der Waals surface area contributed by atoms with E-state index in [1.54, 1.807) is 0 Å². The summed E-state index contributed by atoms with van der Waals surface area (Å²) in [5, 5.41) is 16.8. The van der Waals surface area contributed by atoms with E-state index in [1.165, 1.54) is 63.7 Å². The van der Waals surface area contributed by atoms with Crippen LogP contribution in [-0.4, -0.2) is 11.0 Å². The monoisotopic (exact) mass is 1440 g/mol. The zero-order valence-corrected chi connectivity index (χ0v) is 57.8. The molecule has 2 N–H and O–H groups in total. The van der Waals surface area contributed by atoms with Gasteiger partial charge in [0.05, 0.1) is 0 Å². The summed E-state index contributed by atoms with van der Waals surface area (Å²) in [7, 11) is -1.78. The molecule has 92 heavy (non-hydrogen) atoms. The Kier molecular flexibility index (Phi) is 36.1. The smallest absolute Gasteiger partial charge is 0 e. The van der Waals surface area contributed by atoms with Crippen molar-refractivity contribution >= 4 is 95.3 Å². The Morgan fingerprint density at radius 2 is 0.152 bits per heavy atom. The number of hydrogen-bond donors (Lipinski definition) is 0. The molecule has 0 aromatic heterocycles. The molecule has 0 aliphatic rings. The summed E-state index contributed by atoms with van der Waals surface area (Å²) in [5.74, 6) is 0. The molecule has 2 radical (unpaired) electrons. The van der Waals surface area contributed by atoms with Crippen molar-refractivity contribution in [2.24, 2.45) is 0 Å². The minimum absolute atomic E-state index is 0. The van der Waals surface area contributed by atoms with E-state index < -0.39 is 31.7 Å². The van der Waals surface area contributed by atoms with Crippen molar-refractivity contribution in [3.63, 3.8) is 0 Å². The quantitative estimate of drug-likeness (QED) is 0.0904. The molecule has 0 amide bonds. The maximum atomic E-state index is 2.23. The zero-order valence-electron chi connectivity index (χ0n) is 50.9. The molecule has 0 aliphatic heterocycles. The van der Waals surface area contributed by atoms with Crippen LogP contribution in [0.2, 0.25) is 0 Å². The van der Waals surface area contributed by atoms with Crippen LogP contribution in [0.4, 0.5) is 0 Å². The Hall–Kier alpha value is -8.03. The van der Waals surface area contributed by atoms with E-state index in [9.17, 15) is 0 Å². The molecule has 0 saturated carbocycles. The first-order valence-corrected chi connectivity index (χ1v) is 35.0. The van der Waals surface area contributed by atoms with Gasteiger partial charge in [-0.2, -0.15) is 0 Å². The van der Waals surface area contributed by atoms with E-state index in [-0.39, 0.29) is 49.9 Å². The van der Waals surface area contributed by atoms with Gasteiger partial charge in [0.15, 0.2) is 0 Å². The molecule has 462 valence electrons. The van der Waals surface area contributed by atoms with E-state index in [0.29, 0.717) is 0 Å². The predicted octanol–water partition coefficient (Wildman–Crippen LogP) is 16.8. The number of rotatable bonds is 12. The Balaban J connectivity index is 0.000000206. The van der Waals surface area contributed by atoms with Gasteiger partial charge >= 0.3 is 0 Å². The third-order valence-corrected chi connectivity index (χ3v) is 23.3. The summed E-state index contributed by atoms with van der Waals surface area (Å²) in [6.45, 7) is 0. The average molecular weight is 1450 g/mol. The van der Waals surface area contributed by atoms with Gasteiger partial charge in [0.1, 0.15) is 0 Å². The van der Waals surface area contributed by atoms with E-state index in [4.69, 9.17) is 0 Å². The normalized spacial score (nSPS) is 9.78. The Morgan fingerprint density at radius 1 is 0.0978 bits per heavy atom. The van der Waals surface area contributed by atoms with Gasteiger partial charge in [-0.25, -0.2) is 0 Å². The van der Waals surface area contributed by atoms with Gasteiger partial charge in [0.25, 0.3) is 0 Å². The van der Waals surface area contributed by atoms with Crippen molar-refractivity contribution in [3.05, 3.63) is 437 Å². The molecule has 14 rings (SSSR count). The van der Waals surface area contributed by atoms with Gasteiger partial charge in [-0.05, 0) is 95.3 Å². The Bertz CT molecular complexity index is 3050. The summed E-state index contributed by atoms with van der Waals surface area (Å²) < 4.78 is 0. The molecule has 0 fully saturated rings. The second-order valence-corrected chi connectivity index (χ2v) is 28.6. The fraction of sp³-hybridized carbons (Fsp3) is 0. The van der Waals surface area contributed by atoms with Crippen molar-refractivity contribution in [2.45, 2.75) is 0 Å². The van der Waals surface area contributed by atoms with Crippen molar-refractivity contribution < 1.29 is 49.9 Å². The Labute approximate surface area is 577 Å². The van der Waals surface area contributed by atoms with E-state index >= 15 is 0 Å². The van der Waals surface area contributed by atoms with Crippen molar-refractivity contribution in [1.82, 2.24) is 0 Å². The Morgan fingerprint density at radius 3 is 0.217 bits per heavy atom. The number of hydrogen-bond acceptors (Lipinski definition) is 2. The zero-order chi connectivity index (χ0) is 60.1. The van der Waals surface area contributed by atoms with Gasteiger partial charge in [-0.15, -0.1) is 0 Å². The molecule has 0 aliphatic carbocycles. The maximum Gasteiger partial charge on any atom is 0 e. The first-order valence-electron chi connectivity index (χ1n) is 29.6. The summed E-state index contributed by atoms with van der Waals surface area (Å²) in [6, 6.07) is 153. The molecular weight excluding hydrogens is 1370 g/mol. The summed E-state index contributed by atoms with van der Waals surface area (Å²) in [5.41, 5.74) is 0. The van der Waals surface area contributed by atoms with E-state index in [1.807, 2.05) is 72.8 Å². The minimum atomic E-state index is -0.446. The summed E-state index contributed by atoms with van der Waals surface area (Å²) >= 11 is 0. The summed E-state index contributed by atoms with van der Waals surface area (Å²) in [4.78, 5) is 0. The van der Waals surface area contributed by atoms with Crippen molar-refractivity contribution in [3.8, 4) is 0 Å². The molecule has 0 saturated heterocycles. The molecule has 0 spiro atoms. The first kappa shape index (κ1) is 74.7.